The van der Waals surface area contributed by atoms with E-state index in [9.17, 15) is 18.8 Å². The third-order valence-corrected chi connectivity index (χ3v) is 4.20. The van der Waals surface area contributed by atoms with Crippen LogP contribution in [-0.4, -0.2) is 35.1 Å². The van der Waals surface area contributed by atoms with E-state index in [0.717, 1.165) is 17.0 Å². The molecule has 1 atom stereocenters. The second-order valence-electron chi connectivity index (χ2n) is 6.44. The van der Waals surface area contributed by atoms with Crippen molar-refractivity contribution < 1.29 is 23.5 Å². The number of carbonyl (C=O) groups is 3. The van der Waals surface area contributed by atoms with Crippen LogP contribution in [0.15, 0.2) is 48.5 Å². The zero-order valence-electron chi connectivity index (χ0n) is 14.4. The van der Waals surface area contributed by atoms with Crippen LogP contribution < -0.4 is 4.74 Å². The first-order chi connectivity index (χ1) is 12.4. The largest absolute Gasteiger partial charge is 0.479 e. The molecule has 2 aromatic carbocycles. The summed E-state index contributed by atoms with van der Waals surface area (Å²) in [6.07, 6.45) is -0.872. The fourth-order valence-corrected chi connectivity index (χ4v) is 2.77. The van der Waals surface area contributed by atoms with Gasteiger partial charge < -0.3 is 4.74 Å². The van der Waals surface area contributed by atoms with E-state index in [4.69, 9.17) is 4.74 Å². The van der Waals surface area contributed by atoms with E-state index in [-0.39, 0.29) is 17.0 Å². The standard InChI is InChI=1S/C20H18FNO4/c1-12(2)18-20(25)22(11-16(23)13-7-9-14(21)10-8-13)19(24)15-5-3-4-6-17(15)26-18/h3-10,12,18H,11H2,1-2H3/t18-/m0/s1. The summed E-state index contributed by atoms with van der Waals surface area (Å²) in [6.45, 7) is 3.19. The summed E-state index contributed by atoms with van der Waals surface area (Å²) in [5.41, 5.74) is 0.461. The summed E-state index contributed by atoms with van der Waals surface area (Å²) in [5, 5.41) is 0. The number of benzene rings is 2. The minimum Gasteiger partial charge on any atom is -0.479 e. The molecule has 3 rings (SSSR count). The third kappa shape index (κ3) is 3.35. The Bertz CT molecular complexity index is 860. The van der Waals surface area contributed by atoms with Gasteiger partial charge >= 0.3 is 0 Å². The van der Waals surface area contributed by atoms with Crippen molar-refractivity contribution in [3.63, 3.8) is 0 Å². The van der Waals surface area contributed by atoms with Crippen molar-refractivity contribution in [2.24, 2.45) is 5.92 Å². The van der Waals surface area contributed by atoms with Crippen LogP contribution in [0.1, 0.15) is 34.6 Å². The van der Waals surface area contributed by atoms with Gasteiger partial charge in [0, 0.05) is 5.56 Å². The predicted molar refractivity (Wildman–Crippen MR) is 92.5 cm³/mol. The number of halogens is 1. The molecule has 2 aromatic rings. The third-order valence-electron chi connectivity index (χ3n) is 4.20. The van der Waals surface area contributed by atoms with Crippen LogP contribution in [-0.2, 0) is 4.79 Å². The van der Waals surface area contributed by atoms with Crippen molar-refractivity contribution in [2.45, 2.75) is 20.0 Å². The van der Waals surface area contributed by atoms with E-state index in [1.54, 1.807) is 38.1 Å². The van der Waals surface area contributed by atoms with Gasteiger partial charge in [-0.25, -0.2) is 4.39 Å². The summed E-state index contributed by atoms with van der Waals surface area (Å²) in [4.78, 5) is 39.1. The number of ether oxygens (including phenoxy) is 1. The monoisotopic (exact) mass is 355 g/mol. The summed E-state index contributed by atoms with van der Waals surface area (Å²) >= 11 is 0. The number of amides is 2. The van der Waals surface area contributed by atoms with Crippen molar-refractivity contribution in [1.29, 1.82) is 0 Å². The molecule has 0 aromatic heterocycles. The molecule has 1 aliphatic rings. The van der Waals surface area contributed by atoms with Gasteiger partial charge in [-0.3, -0.25) is 19.3 Å². The highest BCUT2D eigenvalue weighted by atomic mass is 19.1. The molecule has 1 aliphatic heterocycles. The lowest BCUT2D eigenvalue weighted by Gasteiger charge is -2.24. The van der Waals surface area contributed by atoms with Gasteiger partial charge in [-0.15, -0.1) is 0 Å². The Labute approximate surface area is 150 Å². The van der Waals surface area contributed by atoms with E-state index in [0.29, 0.717) is 5.75 Å². The van der Waals surface area contributed by atoms with Crippen LogP contribution in [0.2, 0.25) is 0 Å². The van der Waals surface area contributed by atoms with Gasteiger partial charge in [-0.2, -0.15) is 0 Å². The number of imide groups is 1. The molecule has 0 saturated heterocycles. The number of nitrogens with zero attached hydrogens (tertiary/aromatic N) is 1. The fraction of sp³-hybridized carbons (Fsp3) is 0.250. The van der Waals surface area contributed by atoms with Crippen molar-refractivity contribution in [3.8, 4) is 5.75 Å². The average Bonchev–Trinajstić information content (AvgIpc) is 2.72. The van der Waals surface area contributed by atoms with Crippen LogP contribution in [0.4, 0.5) is 4.39 Å². The molecule has 0 saturated carbocycles. The molecule has 0 bridgehead atoms. The molecule has 1 heterocycles. The molecule has 2 amide bonds. The Balaban J connectivity index is 1.95. The van der Waals surface area contributed by atoms with E-state index in [1.165, 1.54) is 12.1 Å². The Morgan fingerprint density at radius 2 is 1.77 bits per heavy atom. The number of carbonyl (C=O) groups excluding carboxylic acids is 3. The maximum Gasteiger partial charge on any atom is 0.271 e. The van der Waals surface area contributed by atoms with Crippen LogP contribution in [0.25, 0.3) is 0 Å². The fourth-order valence-electron chi connectivity index (χ4n) is 2.77. The van der Waals surface area contributed by atoms with Crippen LogP contribution >= 0.6 is 0 Å². The Morgan fingerprint density at radius 1 is 1.12 bits per heavy atom. The number of rotatable bonds is 4. The average molecular weight is 355 g/mol. The Hall–Kier alpha value is -3.02. The topological polar surface area (TPSA) is 63.7 Å². The van der Waals surface area contributed by atoms with Gasteiger partial charge in [-0.1, -0.05) is 26.0 Å². The smallest absolute Gasteiger partial charge is 0.271 e. The number of fused-ring (bicyclic) bond motifs is 1. The minimum atomic E-state index is -0.872. The minimum absolute atomic E-state index is 0.190. The molecule has 0 aliphatic carbocycles. The van der Waals surface area contributed by atoms with Gasteiger partial charge in [0.15, 0.2) is 11.9 Å². The lowest BCUT2D eigenvalue weighted by molar-refractivity contribution is -0.136. The van der Waals surface area contributed by atoms with Gasteiger partial charge in [0.05, 0.1) is 12.1 Å². The number of hydrogen-bond acceptors (Lipinski definition) is 4. The van der Waals surface area contributed by atoms with E-state index < -0.39 is 36.1 Å². The van der Waals surface area contributed by atoms with Crippen LogP contribution in [0.5, 0.6) is 5.75 Å². The van der Waals surface area contributed by atoms with Gasteiger partial charge in [-0.05, 0) is 42.3 Å². The number of ketones is 1. The van der Waals surface area contributed by atoms with Gasteiger partial charge in [0.2, 0.25) is 0 Å². The maximum absolute atomic E-state index is 13.0. The van der Waals surface area contributed by atoms with Gasteiger partial charge in [0.1, 0.15) is 11.6 Å². The lowest BCUT2D eigenvalue weighted by atomic mass is 10.1. The highest BCUT2D eigenvalue weighted by Gasteiger charge is 2.38. The summed E-state index contributed by atoms with van der Waals surface area (Å²) in [7, 11) is 0. The normalized spacial score (nSPS) is 16.9. The molecule has 6 heteroatoms. The lowest BCUT2D eigenvalue weighted by Crippen LogP contribution is -2.47. The second-order valence-corrected chi connectivity index (χ2v) is 6.44. The van der Waals surface area contributed by atoms with Crippen LogP contribution in [0.3, 0.4) is 0 Å². The van der Waals surface area contributed by atoms with Gasteiger partial charge in [0.25, 0.3) is 11.8 Å². The van der Waals surface area contributed by atoms with E-state index in [1.807, 2.05) is 0 Å². The molecular weight excluding hydrogens is 337 g/mol. The van der Waals surface area contributed by atoms with Crippen molar-refractivity contribution in [3.05, 3.63) is 65.5 Å². The highest BCUT2D eigenvalue weighted by Crippen LogP contribution is 2.28. The molecule has 134 valence electrons. The van der Waals surface area contributed by atoms with Crippen molar-refractivity contribution in [1.82, 2.24) is 4.90 Å². The number of para-hydroxylation sites is 1. The zero-order valence-corrected chi connectivity index (χ0v) is 14.4. The highest BCUT2D eigenvalue weighted by molar-refractivity contribution is 6.12. The number of hydrogen-bond donors (Lipinski definition) is 0. The Kier molecular flexibility index (Phi) is 4.84. The molecule has 0 unspecified atom stereocenters. The Morgan fingerprint density at radius 3 is 2.42 bits per heavy atom. The molecule has 0 N–H and O–H groups in total. The van der Waals surface area contributed by atoms with Crippen molar-refractivity contribution >= 4 is 17.6 Å². The molecule has 0 radical (unpaired) electrons. The molecule has 0 spiro atoms. The van der Waals surface area contributed by atoms with E-state index in [2.05, 4.69) is 0 Å². The van der Waals surface area contributed by atoms with Crippen molar-refractivity contribution in [2.75, 3.05) is 6.54 Å². The van der Waals surface area contributed by atoms with Crippen LogP contribution in [0, 0.1) is 11.7 Å². The molecular formula is C20H18FNO4. The molecule has 0 fully saturated rings. The first kappa shape index (κ1) is 17.8. The molecule has 26 heavy (non-hydrogen) atoms. The number of Topliss-reactive ketones (excluding diaryl/α,β-unsaturated/α-hetero) is 1. The first-order valence-corrected chi connectivity index (χ1v) is 8.28. The predicted octanol–water partition coefficient (Wildman–Crippen LogP) is 3.09. The molecule has 5 nitrogen and oxygen atoms in total. The zero-order chi connectivity index (χ0) is 18.8. The summed E-state index contributed by atoms with van der Waals surface area (Å²) in [5.74, 6) is -1.92. The quantitative estimate of drug-likeness (QED) is 0.624. The maximum atomic E-state index is 13.0. The SMILES string of the molecule is CC(C)[C@@H]1Oc2ccccc2C(=O)N(CC(=O)c2ccc(F)cc2)C1=O. The summed E-state index contributed by atoms with van der Waals surface area (Å²) < 4.78 is 18.8. The first-order valence-electron chi connectivity index (χ1n) is 8.28. The second kappa shape index (κ2) is 7.07. The summed E-state index contributed by atoms with van der Waals surface area (Å²) in [6, 6.07) is 11.5. The van der Waals surface area contributed by atoms with E-state index >= 15 is 0 Å².